The SMILES string of the molecule is CSCCC(NC(=O)C(Cc1ccccc1)NC(=O)CNC(=O)CNC(=O)[C@H](N)Cc1ccc(F)cc1)C(=O)O. The summed E-state index contributed by atoms with van der Waals surface area (Å²) in [5, 5.41) is 19.2. The molecule has 2 unspecified atom stereocenters. The largest absolute Gasteiger partial charge is 0.480 e. The van der Waals surface area contributed by atoms with Gasteiger partial charge in [-0.2, -0.15) is 11.8 Å². The van der Waals surface area contributed by atoms with Gasteiger partial charge < -0.3 is 32.1 Å². The Morgan fingerprint density at radius 2 is 1.45 bits per heavy atom. The number of carbonyl (C=O) groups is 5. The van der Waals surface area contributed by atoms with Crippen molar-refractivity contribution in [2.24, 2.45) is 5.73 Å². The minimum atomic E-state index is -1.18. The van der Waals surface area contributed by atoms with Gasteiger partial charge in [0.25, 0.3) is 0 Å². The van der Waals surface area contributed by atoms with Gasteiger partial charge in [0.05, 0.1) is 19.1 Å². The molecule has 0 heterocycles. The van der Waals surface area contributed by atoms with Gasteiger partial charge in [0.15, 0.2) is 0 Å². The molecule has 0 fully saturated rings. The van der Waals surface area contributed by atoms with E-state index in [1.807, 2.05) is 6.26 Å². The average molecular weight is 576 g/mol. The van der Waals surface area contributed by atoms with Crippen LogP contribution in [0.4, 0.5) is 4.39 Å². The molecule has 0 saturated heterocycles. The molecule has 0 saturated carbocycles. The third kappa shape index (κ3) is 11.8. The highest BCUT2D eigenvalue weighted by molar-refractivity contribution is 7.98. The molecule has 0 aliphatic carbocycles. The van der Waals surface area contributed by atoms with E-state index in [9.17, 15) is 33.5 Å². The van der Waals surface area contributed by atoms with Gasteiger partial charge in [0, 0.05) is 6.42 Å². The number of amides is 4. The summed E-state index contributed by atoms with van der Waals surface area (Å²) in [6.45, 7) is -0.920. The third-order valence-electron chi connectivity index (χ3n) is 5.73. The summed E-state index contributed by atoms with van der Waals surface area (Å²) in [5.74, 6) is -3.68. The zero-order valence-electron chi connectivity index (χ0n) is 22.0. The molecule has 0 aromatic heterocycles. The normalized spacial score (nSPS) is 12.9. The Kier molecular flexibility index (Phi) is 13.6. The van der Waals surface area contributed by atoms with Crippen LogP contribution in [0, 0.1) is 5.82 Å². The van der Waals surface area contributed by atoms with Gasteiger partial charge in [0.2, 0.25) is 23.6 Å². The molecule has 4 amide bonds. The predicted molar refractivity (Wildman–Crippen MR) is 149 cm³/mol. The first-order chi connectivity index (χ1) is 19.1. The van der Waals surface area contributed by atoms with E-state index in [1.165, 1.54) is 36.0 Å². The topological polar surface area (TPSA) is 180 Å². The van der Waals surface area contributed by atoms with Gasteiger partial charge in [-0.3, -0.25) is 19.2 Å². The smallest absolute Gasteiger partial charge is 0.326 e. The number of hydrogen-bond donors (Lipinski definition) is 6. The van der Waals surface area contributed by atoms with Gasteiger partial charge in [-0.15, -0.1) is 0 Å². The van der Waals surface area contributed by atoms with Crippen molar-refractivity contribution >= 4 is 41.4 Å². The van der Waals surface area contributed by atoms with Crippen LogP contribution in [-0.4, -0.2) is 77.9 Å². The number of carboxylic acid groups (broad SMARTS) is 1. The summed E-state index contributed by atoms with van der Waals surface area (Å²) in [6.07, 6.45) is 2.27. The molecule has 2 aromatic carbocycles. The lowest BCUT2D eigenvalue weighted by Crippen LogP contribution is -2.54. The summed E-state index contributed by atoms with van der Waals surface area (Å²) in [4.78, 5) is 61.4. The summed E-state index contributed by atoms with van der Waals surface area (Å²) >= 11 is 1.44. The van der Waals surface area contributed by atoms with Crippen LogP contribution in [0.15, 0.2) is 54.6 Å². The van der Waals surface area contributed by atoms with E-state index < -0.39 is 66.6 Å². The lowest BCUT2D eigenvalue weighted by molar-refractivity contribution is -0.142. The van der Waals surface area contributed by atoms with Gasteiger partial charge in [-0.25, -0.2) is 9.18 Å². The van der Waals surface area contributed by atoms with Crippen LogP contribution in [0.2, 0.25) is 0 Å². The molecule has 216 valence electrons. The number of aliphatic carboxylic acids is 1. The molecule has 40 heavy (non-hydrogen) atoms. The fraction of sp³-hybridized carbons (Fsp3) is 0.370. The minimum absolute atomic E-state index is 0.100. The maximum atomic E-state index is 13.0. The summed E-state index contributed by atoms with van der Waals surface area (Å²) in [6, 6.07) is 11.2. The van der Waals surface area contributed by atoms with Crippen LogP contribution < -0.4 is 27.0 Å². The maximum absolute atomic E-state index is 13.0. The van der Waals surface area contributed by atoms with E-state index in [4.69, 9.17) is 5.73 Å². The Hall–Kier alpha value is -3.97. The Bertz CT molecular complexity index is 1150. The first-order valence-electron chi connectivity index (χ1n) is 12.5. The van der Waals surface area contributed by atoms with Crippen molar-refractivity contribution in [3.8, 4) is 0 Å². The van der Waals surface area contributed by atoms with E-state index >= 15 is 0 Å². The molecule has 2 rings (SSSR count). The summed E-state index contributed by atoms with van der Waals surface area (Å²) in [5.41, 5.74) is 7.23. The highest BCUT2D eigenvalue weighted by atomic mass is 32.2. The Labute approximate surface area is 235 Å². The number of hydrogen-bond acceptors (Lipinski definition) is 7. The highest BCUT2D eigenvalue weighted by Crippen LogP contribution is 2.07. The lowest BCUT2D eigenvalue weighted by atomic mass is 10.0. The minimum Gasteiger partial charge on any atom is -0.480 e. The van der Waals surface area contributed by atoms with Crippen LogP contribution in [0.5, 0.6) is 0 Å². The van der Waals surface area contributed by atoms with E-state index in [0.717, 1.165) is 5.56 Å². The molecule has 2 aromatic rings. The standard InChI is InChI=1S/C27H34FN5O6S/c1-40-12-11-21(27(38)39)33-26(37)22(14-17-5-3-2-4-6-17)32-24(35)16-30-23(34)15-31-25(36)20(29)13-18-7-9-19(28)10-8-18/h2-10,20-22H,11-16,29H2,1H3,(H,30,34)(H,31,36)(H,32,35)(H,33,37)(H,38,39)/t20-,21?,22?/m1/s1. The van der Waals surface area contributed by atoms with Crippen molar-refractivity contribution < 1.29 is 33.5 Å². The number of halogens is 1. The Morgan fingerprint density at radius 1 is 0.825 bits per heavy atom. The third-order valence-corrected chi connectivity index (χ3v) is 6.38. The molecule has 0 aliphatic rings. The molecule has 0 radical (unpaired) electrons. The van der Waals surface area contributed by atoms with E-state index in [0.29, 0.717) is 11.3 Å². The lowest BCUT2D eigenvalue weighted by Gasteiger charge is -2.22. The molecule has 0 aliphatic heterocycles. The van der Waals surface area contributed by atoms with Crippen molar-refractivity contribution in [1.29, 1.82) is 0 Å². The number of nitrogens with two attached hydrogens (primary N) is 1. The maximum Gasteiger partial charge on any atom is 0.326 e. The molecule has 0 spiro atoms. The fourth-order valence-electron chi connectivity index (χ4n) is 3.58. The molecule has 0 bridgehead atoms. The number of carbonyl (C=O) groups excluding carboxylic acids is 4. The van der Waals surface area contributed by atoms with Crippen molar-refractivity contribution in [2.75, 3.05) is 25.1 Å². The highest BCUT2D eigenvalue weighted by Gasteiger charge is 2.27. The zero-order valence-corrected chi connectivity index (χ0v) is 22.8. The number of rotatable bonds is 16. The van der Waals surface area contributed by atoms with E-state index in [-0.39, 0.29) is 19.3 Å². The van der Waals surface area contributed by atoms with Gasteiger partial charge in [-0.1, -0.05) is 42.5 Å². The number of nitrogens with one attached hydrogen (secondary N) is 4. The van der Waals surface area contributed by atoms with Crippen molar-refractivity contribution in [3.63, 3.8) is 0 Å². The second-order valence-corrected chi connectivity index (χ2v) is 9.91. The number of carboxylic acids is 1. The monoisotopic (exact) mass is 575 g/mol. The first kappa shape index (κ1) is 32.2. The second kappa shape index (κ2) is 16.9. The molecule has 11 nitrogen and oxygen atoms in total. The van der Waals surface area contributed by atoms with Gasteiger partial charge in [0.1, 0.15) is 17.9 Å². The van der Waals surface area contributed by atoms with Crippen LogP contribution >= 0.6 is 11.8 Å². The predicted octanol–water partition coefficient (Wildman–Crippen LogP) is -0.0221. The average Bonchev–Trinajstić information content (AvgIpc) is 2.93. The van der Waals surface area contributed by atoms with Crippen LogP contribution in [0.25, 0.3) is 0 Å². The molecular weight excluding hydrogens is 541 g/mol. The van der Waals surface area contributed by atoms with Crippen molar-refractivity contribution in [1.82, 2.24) is 21.3 Å². The molecule has 7 N–H and O–H groups in total. The van der Waals surface area contributed by atoms with E-state index in [2.05, 4.69) is 21.3 Å². The van der Waals surface area contributed by atoms with Crippen LogP contribution in [-0.2, 0) is 36.8 Å². The van der Waals surface area contributed by atoms with Gasteiger partial charge in [-0.05, 0) is 48.1 Å². The summed E-state index contributed by atoms with van der Waals surface area (Å²) in [7, 11) is 0. The summed E-state index contributed by atoms with van der Waals surface area (Å²) < 4.78 is 13.0. The van der Waals surface area contributed by atoms with Crippen LogP contribution in [0.3, 0.4) is 0 Å². The van der Waals surface area contributed by atoms with Crippen LogP contribution in [0.1, 0.15) is 17.5 Å². The Balaban J connectivity index is 1.88. The Morgan fingerprint density at radius 3 is 2.08 bits per heavy atom. The second-order valence-electron chi connectivity index (χ2n) is 8.92. The zero-order chi connectivity index (χ0) is 29.5. The fourth-order valence-corrected chi connectivity index (χ4v) is 4.05. The van der Waals surface area contributed by atoms with Gasteiger partial charge >= 0.3 is 5.97 Å². The molecule has 13 heteroatoms. The number of thioether (sulfide) groups is 1. The van der Waals surface area contributed by atoms with Crippen molar-refractivity contribution in [2.45, 2.75) is 37.4 Å². The number of benzene rings is 2. The first-order valence-corrected chi connectivity index (χ1v) is 13.9. The van der Waals surface area contributed by atoms with E-state index in [1.54, 1.807) is 30.3 Å². The quantitative estimate of drug-likeness (QED) is 0.162. The van der Waals surface area contributed by atoms with Crippen molar-refractivity contribution in [3.05, 3.63) is 71.5 Å². The molecular formula is C27H34FN5O6S. The molecule has 3 atom stereocenters.